The second kappa shape index (κ2) is 8.10. The molecule has 0 aliphatic carbocycles. The number of nitrogens with zero attached hydrogens (tertiary/aromatic N) is 1. The smallest absolute Gasteiger partial charge is 0.310 e. The van der Waals surface area contributed by atoms with Crippen molar-refractivity contribution in [1.29, 1.82) is 0 Å². The van der Waals surface area contributed by atoms with Gasteiger partial charge in [0.15, 0.2) is 0 Å². The van der Waals surface area contributed by atoms with Gasteiger partial charge in [-0.15, -0.1) is 0 Å². The monoisotopic (exact) mass is 393 g/mol. The predicted molar refractivity (Wildman–Crippen MR) is 97.1 cm³/mol. The Morgan fingerprint density at radius 2 is 2.04 bits per heavy atom. The summed E-state index contributed by atoms with van der Waals surface area (Å²) >= 11 is 3.47. The van der Waals surface area contributed by atoms with E-state index >= 15 is 0 Å². The number of aryl methyl sites for hydroxylation is 1. The number of hydrogen-bond acceptors (Lipinski definition) is 5. The molecular formula is C17H20BrN3O3. The Kier molecular flexibility index (Phi) is 6.14. The van der Waals surface area contributed by atoms with Gasteiger partial charge in [0.25, 0.3) is 0 Å². The number of pyridine rings is 1. The van der Waals surface area contributed by atoms with Crippen LogP contribution >= 0.6 is 15.9 Å². The van der Waals surface area contributed by atoms with Crippen molar-refractivity contribution in [2.75, 3.05) is 25.5 Å². The third kappa shape index (κ3) is 4.44. The van der Waals surface area contributed by atoms with E-state index in [2.05, 4.69) is 31.5 Å². The SMILES string of the molecule is COC(=O)Cc1c(C)nc2ccc(Br)cc2c1NCCNC(C)=O. The molecule has 2 N–H and O–H groups in total. The number of carbonyl (C=O) groups excluding carboxylic acids is 2. The predicted octanol–water partition coefficient (Wildman–Crippen LogP) is 2.57. The van der Waals surface area contributed by atoms with Crippen molar-refractivity contribution in [3.05, 3.63) is 33.9 Å². The molecular weight excluding hydrogens is 374 g/mol. The maximum atomic E-state index is 11.8. The minimum absolute atomic E-state index is 0.0786. The Labute approximate surface area is 149 Å². The van der Waals surface area contributed by atoms with Crippen molar-refractivity contribution in [3.8, 4) is 0 Å². The number of ether oxygens (including phenoxy) is 1. The average Bonchev–Trinajstić information content (AvgIpc) is 2.53. The maximum Gasteiger partial charge on any atom is 0.310 e. The van der Waals surface area contributed by atoms with Crippen LogP contribution in [-0.4, -0.2) is 37.1 Å². The number of methoxy groups -OCH3 is 1. The van der Waals surface area contributed by atoms with Crippen LogP contribution in [-0.2, 0) is 20.7 Å². The van der Waals surface area contributed by atoms with Crippen LogP contribution in [0.25, 0.3) is 10.9 Å². The molecule has 128 valence electrons. The number of anilines is 1. The zero-order chi connectivity index (χ0) is 17.7. The number of hydrogen-bond donors (Lipinski definition) is 2. The molecule has 0 aliphatic heterocycles. The minimum Gasteiger partial charge on any atom is -0.469 e. The molecule has 6 nitrogen and oxygen atoms in total. The Balaban J connectivity index is 2.43. The molecule has 0 fully saturated rings. The standard InChI is InChI=1S/C17H20BrN3O3/c1-10-13(9-16(23)24-3)17(20-7-6-19-11(2)22)14-8-12(18)4-5-15(14)21-10/h4-5,8H,6-7,9H2,1-3H3,(H,19,22)(H,20,21). The molecule has 2 aromatic rings. The summed E-state index contributed by atoms with van der Waals surface area (Å²) in [6, 6.07) is 5.81. The van der Waals surface area contributed by atoms with Gasteiger partial charge >= 0.3 is 5.97 Å². The summed E-state index contributed by atoms with van der Waals surface area (Å²) in [4.78, 5) is 27.3. The normalized spacial score (nSPS) is 10.5. The molecule has 0 saturated heterocycles. The number of amides is 1. The molecule has 24 heavy (non-hydrogen) atoms. The number of benzene rings is 1. The Hall–Kier alpha value is -2.15. The van der Waals surface area contributed by atoms with Crippen molar-refractivity contribution in [1.82, 2.24) is 10.3 Å². The molecule has 0 atom stereocenters. The Morgan fingerprint density at radius 1 is 1.29 bits per heavy atom. The molecule has 1 aromatic heterocycles. The highest BCUT2D eigenvalue weighted by Gasteiger charge is 2.16. The van der Waals surface area contributed by atoms with Gasteiger partial charge in [0.05, 0.1) is 19.0 Å². The number of rotatable bonds is 6. The lowest BCUT2D eigenvalue weighted by Crippen LogP contribution is -2.26. The van der Waals surface area contributed by atoms with Crippen LogP contribution in [0.4, 0.5) is 5.69 Å². The maximum absolute atomic E-state index is 11.8. The van der Waals surface area contributed by atoms with Crippen molar-refractivity contribution in [2.45, 2.75) is 20.3 Å². The molecule has 0 unspecified atom stereocenters. The molecule has 1 aromatic carbocycles. The fraction of sp³-hybridized carbons (Fsp3) is 0.353. The zero-order valence-electron chi connectivity index (χ0n) is 13.9. The Bertz CT molecular complexity index is 777. The van der Waals surface area contributed by atoms with Crippen molar-refractivity contribution >= 4 is 44.4 Å². The zero-order valence-corrected chi connectivity index (χ0v) is 15.5. The van der Waals surface area contributed by atoms with Crippen LogP contribution in [0, 0.1) is 6.92 Å². The fourth-order valence-electron chi connectivity index (χ4n) is 2.46. The molecule has 1 heterocycles. The van der Waals surface area contributed by atoms with E-state index in [0.717, 1.165) is 32.3 Å². The largest absolute Gasteiger partial charge is 0.469 e. The molecule has 1 amide bonds. The molecule has 0 radical (unpaired) electrons. The molecule has 0 saturated carbocycles. The van der Waals surface area contributed by atoms with Gasteiger partial charge < -0.3 is 15.4 Å². The van der Waals surface area contributed by atoms with E-state index in [1.54, 1.807) is 0 Å². The first-order chi connectivity index (χ1) is 11.4. The highest BCUT2D eigenvalue weighted by Crippen LogP contribution is 2.31. The molecule has 0 aliphatic rings. The van der Waals surface area contributed by atoms with E-state index in [-0.39, 0.29) is 18.3 Å². The quantitative estimate of drug-likeness (QED) is 0.582. The topological polar surface area (TPSA) is 80.3 Å². The summed E-state index contributed by atoms with van der Waals surface area (Å²) in [5, 5.41) is 6.98. The lowest BCUT2D eigenvalue weighted by molar-refractivity contribution is -0.139. The van der Waals surface area contributed by atoms with E-state index in [1.807, 2.05) is 25.1 Å². The highest BCUT2D eigenvalue weighted by molar-refractivity contribution is 9.10. The Morgan fingerprint density at radius 3 is 2.71 bits per heavy atom. The van der Waals surface area contributed by atoms with Gasteiger partial charge in [-0.1, -0.05) is 15.9 Å². The van der Waals surface area contributed by atoms with Gasteiger partial charge in [-0.25, -0.2) is 0 Å². The second-order valence-corrected chi connectivity index (χ2v) is 6.29. The van der Waals surface area contributed by atoms with E-state index in [1.165, 1.54) is 14.0 Å². The van der Waals surface area contributed by atoms with Crippen LogP contribution in [0.2, 0.25) is 0 Å². The second-order valence-electron chi connectivity index (χ2n) is 5.37. The average molecular weight is 394 g/mol. The van der Waals surface area contributed by atoms with Gasteiger partial charge in [0, 0.05) is 46.8 Å². The first-order valence-electron chi connectivity index (χ1n) is 7.56. The summed E-state index contributed by atoms with van der Waals surface area (Å²) < 4.78 is 5.72. The summed E-state index contributed by atoms with van der Waals surface area (Å²) in [5.74, 6) is -0.399. The number of halogens is 1. The van der Waals surface area contributed by atoms with Gasteiger partial charge in [-0.2, -0.15) is 0 Å². The third-order valence-corrected chi connectivity index (χ3v) is 4.10. The summed E-state index contributed by atoms with van der Waals surface area (Å²) in [6.45, 7) is 4.38. The molecule has 0 bridgehead atoms. The van der Waals surface area contributed by atoms with E-state index in [0.29, 0.717) is 13.1 Å². The number of aromatic nitrogens is 1. The number of fused-ring (bicyclic) bond motifs is 1. The number of esters is 1. The van der Waals surface area contributed by atoms with Gasteiger partial charge in [-0.3, -0.25) is 14.6 Å². The van der Waals surface area contributed by atoms with Crippen molar-refractivity contribution in [3.63, 3.8) is 0 Å². The first kappa shape index (κ1) is 18.2. The van der Waals surface area contributed by atoms with Gasteiger partial charge in [0.2, 0.25) is 5.91 Å². The summed E-state index contributed by atoms with van der Waals surface area (Å²) in [5.41, 5.74) is 3.26. The van der Waals surface area contributed by atoms with Gasteiger partial charge in [0.1, 0.15) is 0 Å². The van der Waals surface area contributed by atoms with Crippen LogP contribution in [0.5, 0.6) is 0 Å². The summed E-state index contributed by atoms with van der Waals surface area (Å²) in [6.07, 6.45) is 0.139. The van der Waals surface area contributed by atoms with E-state index in [4.69, 9.17) is 4.74 Å². The van der Waals surface area contributed by atoms with Crippen LogP contribution in [0.3, 0.4) is 0 Å². The minimum atomic E-state index is -0.320. The number of carbonyl (C=O) groups is 2. The van der Waals surface area contributed by atoms with Crippen LogP contribution in [0.1, 0.15) is 18.2 Å². The van der Waals surface area contributed by atoms with Crippen LogP contribution in [0.15, 0.2) is 22.7 Å². The highest BCUT2D eigenvalue weighted by atomic mass is 79.9. The van der Waals surface area contributed by atoms with Gasteiger partial charge in [-0.05, 0) is 25.1 Å². The van der Waals surface area contributed by atoms with Crippen LogP contribution < -0.4 is 10.6 Å². The van der Waals surface area contributed by atoms with E-state index in [9.17, 15) is 9.59 Å². The molecule has 2 rings (SSSR count). The van der Waals surface area contributed by atoms with E-state index < -0.39 is 0 Å². The third-order valence-electron chi connectivity index (χ3n) is 3.60. The summed E-state index contributed by atoms with van der Waals surface area (Å²) in [7, 11) is 1.37. The lowest BCUT2D eigenvalue weighted by atomic mass is 10.0. The lowest BCUT2D eigenvalue weighted by Gasteiger charge is -2.17. The van der Waals surface area contributed by atoms with Crippen molar-refractivity contribution in [2.24, 2.45) is 0 Å². The molecule has 0 spiro atoms. The van der Waals surface area contributed by atoms with Crippen molar-refractivity contribution < 1.29 is 14.3 Å². The first-order valence-corrected chi connectivity index (χ1v) is 8.35. The molecule has 7 heteroatoms. The fourth-order valence-corrected chi connectivity index (χ4v) is 2.82. The number of nitrogens with one attached hydrogen (secondary N) is 2.